The molecule has 3 aromatic carbocycles. The summed E-state index contributed by atoms with van der Waals surface area (Å²) in [5, 5.41) is 21.9. The van der Waals surface area contributed by atoms with Crippen LogP contribution in [0.3, 0.4) is 0 Å². The summed E-state index contributed by atoms with van der Waals surface area (Å²) in [5.74, 6) is 0.528. The Bertz CT molecular complexity index is 1740. The van der Waals surface area contributed by atoms with E-state index in [1.54, 1.807) is 47.4 Å². The molecular weight excluding hydrogens is 731 g/mol. The number of nitrogens with one attached hydrogen (secondary N) is 4. The summed E-state index contributed by atoms with van der Waals surface area (Å²) in [6, 6.07) is 18.7. The quantitative estimate of drug-likeness (QED) is 0.105. The number of hydrogen-bond acceptors (Lipinski definition) is 9. The topological polar surface area (TPSA) is 174 Å². The summed E-state index contributed by atoms with van der Waals surface area (Å²) < 4.78 is 16.8. The number of rotatable bonds is 20. The molecule has 0 aliphatic carbocycles. The van der Waals surface area contributed by atoms with Gasteiger partial charge in [0.2, 0.25) is 5.91 Å². The second kappa shape index (κ2) is 22.3. The van der Waals surface area contributed by atoms with Crippen molar-refractivity contribution in [3.05, 3.63) is 89.5 Å². The summed E-state index contributed by atoms with van der Waals surface area (Å²) in [7, 11) is 9.54. The molecule has 3 rings (SSSR count). The molecule has 4 atom stereocenters. The number of hydrazine groups is 1. The van der Waals surface area contributed by atoms with Gasteiger partial charge in [0.1, 0.15) is 24.4 Å². The summed E-state index contributed by atoms with van der Waals surface area (Å²) in [4.78, 5) is 55.2. The molecule has 0 fully saturated rings. The fourth-order valence-corrected chi connectivity index (χ4v) is 5.80. The molecule has 3 aromatic rings. The predicted octanol–water partition coefficient (Wildman–Crippen LogP) is 4.32. The van der Waals surface area contributed by atoms with Gasteiger partial charge in [0.25, 0.3) is 5.91 Å². The highest BCUT2D eigenvalue weighted by molar-refractivity contribution is 5.88. The smallest absolute Gasteiger partial charge is 0.317 e. The first-order chi connectivity index (χ1) is 27.0. The number of ether oxygens (including phenoxy) is 3. The molecular formula is C42H61N7O8. The van der Waals surface area contributed by atoms with Gasteiger partial charge in [0.05, 0.1) is 26.4 Å². The fourth-order valence-electron chi connectivity index (χ4n) is 5.80. The van der Waals surface area contributed by atoms with Gasteiger partial charge < -0.3 is 45.1 Å². The lowest BCUT2D eigenvalue weighted by molar-refractivity contribution is -0.129. The number of carbonyl (C=O) groups excluding carboxylic acids is 4. The molecule has 312 valence electrons. The Morgan fingerprint density at radius 3 is 1.75 bits per heavy atom. The van der Waals surface area contributed by atoms with Crippen LogP contribution in [0.1, 0.15) is 56.8 Å². The van der Waals surface area contributed by atoms with Crippen LogP contribution in [0.15, 0.2) is 72.8 Å². The monoisotopic (exact) mass is 791 g/mol. The largest absolute Gasteiger partial charge is 0.493 e. The highest BCUT2D eigenvalue weighted by Gasteiger charge is 2.31. The zero-order chi connectivity index (χ0) is 42.2. The van der Waals surface area contributed by atoms with Gasteiger partial charge >= 0.3 is 12.1 Å². The maximum atomic E-state index is 13.7. The van der Waals surface area contributed by atoms with E-state index in [2.05, 4.69) is 21.4 Å². The summed E-state index contributed by atoms with van der Waals surface area (Å²) in [5.41, 5.74) is 5.38. The summed E-state index contributed by atoms with van der Waals surface area (Å²) in [6.45, 7) is 8.06. The lowest BCUT2D eigenvalue weighted by Gasteiger charge is -2.32. The summed E-state index contributed by atoms with van der Waals surface area (Å²) >= 11 is 0. The minimum absolute atomic E-state index is 0.124. The molecule has 15 nitrogen and oxygen atoms in total. The zero-order valence-electron chi connectivity index (χ0n) is 34.9. The van der Waals surface area contributed by atoms with Gasteiger partial charge in [-0.1, -0.05) is 76.2 Å². The molecule has 0 aliphatic rings. The Hall–Kier alpha value is -5.54. The Kier molecular flexibility index (Phi) is 17.9. The fraction of sp³-hybridized carbons (Fsp3) is 0.476. The number of urea groups is 2. The SMILES string of the molecule is COc1ccc(COc2ccc(CN(CCC(O)C(NC(=O)C(NC(=O)N(C)C)C(C)C)c3ccccc3)NC(=O)C(NC(=O)N(C)C)C(C)C)cc2)cc1OC. The van der Waals surface area contributed by atoms with Crippen molar-refractivity contribution in [2.45, 2.75) is 71.5 Å². The first-order valence-electron chi connectivity index (χ1n) is 19.0. The number of amides is 6. The van der Waals surface area contributed by atoms with Crippen molar-refractivity contribution in [2.24, 2.45) is 11.8 Å². The number of methoxy groups -OCH3 is 2. The van der Waals surface area contributed by atoms with E-state index in [1.807, 2.05) is 100 Å². The van der Waals surface area contributed by atoms with E-state index in [9.17, 15) is 24.3 Å². The molecule has 6 amide bonds. The molecule has 0 radical (unpaired) electrons. The van der Waals surface area contributed by atoms with Crippen LogP contribution in [0.25, 0.3) is 0 Å². The van der Waals surface area contributed by atoms with Gasteiger partial charge in [-0.3, -0.25) is 15.0 Å². The van der Waals surface area contributed by atoms with Crippen LogP contribution < -0.4 is 35.6 Å². The number of nitrogens with zero attached hydrogens (tertiary/aromatic N) is 3. The number of carbonyl (C=O) groups is 4. The standard InChI is InChI=1S/C42H61N7O8/c1-27(2)36(44-41(53)47(5)6)39(51)43-38(31-14-12-11-13-15-31)33(50)22-23-49(46-40(52)37(28(3)4)45-42(54)48(7)8)25-29-16-19-32(20-17-29)57-26-30-18-21-34(55-9)35(24-30)56-10/h11-21,24,27-28,33,36-38,50H,22-23,25-26H2,1-10H3,(H,43,51)(H,44,53)(H,45,54)(H,46,52). The van der Waals surface area contributed by atoms with Crippen LogP contribution in [0.5, 0.6) is 17.2 Å². The third kappa shape index (κ3) is 14.2. The number of benzene rings is 3. The van der Waals surface area contributed by atoms with Crippen molar-refractivity contribution in [1.82, 2.24) is 36.2 Å². The van der Waals surface area contributed by atoms with Gasteiger partial charge in [0, 0.05) is 41.3 Å². The van der Waals surface area contributed by atoms with E-state index in [0.717, 1.165) is 11.1 Å². The maximum absolute atomic E-state index is 13.7. The second-order valence-electron chi connectivity index (χ2n) is 14.9. The van der Waals surface area contributed by atoms with E-state index in [4.69, 9.17) is 14.2 Å². The molecule has 5 N–H and O–H groups in total. The van der Waals surface area contributed by atoms with E-state index in [0.29, 0.717) is 29.4 Å². The Morgan fingerprint density at radius 2 is 1.23 bits per heavy atom. The van der Waals surface area contributed by atoms with E-state index < -0.39 is 48.1 Å². The minimum Gasteiger partial charge on any atom is -0.493 e. The molecule has 0 aromatic heterocycles. The van der Waals surface area contributed by atoms with Crippen molar-refractivity contribution < 1.29 is 38.5 Å². The van der Waals surface area contributed by atoms with Crippen LogP contribution in [-0.4, -0.2) is 111 Å². The first-order valence-corrected chi connectivity index (χ1v) is 19.0. The van der Waals surface area contributed by atoms with Crippen molar-refractivity contribution in [3.8, 4) is 17.2 Å². The van der Waals surface area contributed by atoms with Crippen LogP contribution in [0.4, 0.5) is 9.59 Å². The van der Waals surface area contributed by atoms with Crippen molar-refractivity contribution in [2.75, 3.05) is 49.0 Å². The zero-order valence-corrected chi connectivity index (χ0v) is 34.9. The molecule has 57 heavy (non-hydrogen) atoms. The van der Waals surface area contributed by atoms with Crippen molar-refractivity contribution >= 4 is 23.9 Å². The predicted molar refractivity (Wildman–Crippen MR) is 219 cm³/mol. The molecule has 0 aliphatic heterocycles. The van der Waals surface area contributed by atoms with Gasteiger partial charge in [-0.15, -0.1) is 0 Å². The average molecular weight is 792 g/mol. The van der Waals surface area contributed by atoms with Crippen LogP contribution in [-0.2, 0) is 22.7 Å². The molecule has 0 spiro atoms. The van der Waals surface area contributed by atoms with Gasteiger partial charge in [-0.05, 0) is 59.2 Å². The van der Waals surface area contributed by atoms with E-state index in [1.165, 1.54) is 9.80 Å². The Morgan fingerprint density at radius 1 is 0.684 bits per heavy atom. The highest BCUT2D eigenvalue weighted by atomic mass is 16.5. The number of hydrogen-bond donors (Lipinski definition) is 5. The lowest BCUT2D eigenvalue weighted by Crippen LogP contribution is -2.56. The number of aliphatic hydroxyl groups is 1. The molecule has 0 bridgehead atoms. The van der Waals surface area contributed by atoms with Gasteiger partial charge in [-0.25, -0.2) is 14.6 Å². The Balaban J connectivity index is 1.84. The Labute approximate surface area is 337 Å². The van der Waals surface area contributed by atoms with Crippen LogP contribution in [0, 0.1) is 11.8 Å². The molecule has 0 saturated heterocycles. The van der Waals surface area contributed by atoms with E-state index in [-0.39, 0.29) is 31.3 Å². The normalized spacial score (nSPS) is 13.2. The highest BCUT2D eigenvalue weighted by Crippen LogP contribution is 2.28. The maximum Gasteiger partial charge on any atom is 0.317 e. The minimum atomic E-state index is -1.10. The van der Waals surface area contributed by atoms with E-state index >= 15 is 0 Å². The molecule has 0 heterocycles. The van der Waals surface area contributed by atoms with Crippen LogP contribution >= 0.6 is 0 Å². The first kappa shape index (κ1) is 45.8. The molecule has 15 heteroatoms. The van der Waals surface area contributed by atoms with Crippen molar-refractivity contribution in [1.29, 1.82) is 0 Å². The van der Waals surface area contributed by atoms with Crippen LogP contribution in [0.2, 0.25) is 0 Å². The third-order valence-electron chi connectivity index (χ3n) is 9.22. The van der Waals surface area contributed by atoms with Crippen molar-refractivity contribution in [3.63, 3.8) is 0 Å². The summed E-state index contributed by atoms with van der Waals surface area (Å²) in [6.07, 6.45) is -0.978. The van der Waals surface area contributed by atoms with Gasteiger partial charge in [0.15, 0.2) is 11.5 Å². The average Bonchev–Trinajstić information content (AvgIpc) is 3.19. The molecule has 4 unspecified atom stereocenters. The lowest BCUT2D eigenvalue weighted by atomic mass is 9.97. The van der Waals surface area contributed by atoms with Gasteiger partial charge in [-0.2, -0.15) is 0 Å². The second-order valence-corrected chi connectivity index (χ2v) is 14.9. The number of aliphatic hydroxyl groups excluding tert-OH is 1. The molecule has 0 saturated carbocycles. The third-order valence-corrected chi connectivity index (χ3v) is 9.22.